The average Bonchev–Trinajstić information content (AvgIpc) is 3.17. The maximum absolute atomic E-state index is 13.0. The van der Waals surface area contributed by atoms with Crippen LogP contribution in [0.2, 0.25) is 5.02 Å². The van der Waals surface area contributed by atoms with E-state index in [9.17, 15) is 4.79 Å². The number of carbonyl (C=O) groups is 1. The first-order valence-electron chi connectivity index (χ1n) is 9.23. The Balaban J connectivity index is 1.47. The van der Waals surface area contributed by atoms with Gasteiger partial charge in [-0.1, -0.05) is 57.9 Å². The molecule has 1 N–H and O–H groups in total. The van der Waals surface area contributed by atoms with Crippen LogP contribution in [0.3, 0.4) is 0 Å². The lowest BCUT2D eigenvalue weighted by atomic mass is 10.0. The number of benzene rings is 4. The topological polar surface area (TPSA) is 55.1 Å². The highest BCUT2D eigenvalue weighted by Crippen LogP contribution is 2.29. The number of amides is 1. The summed E-state index contributed by atoms with van der Waals surface area (Å²) in [7, 11) is 0. The van der Waals surface area contributed by atoms with Crippen LogP contribution in [0.5, 0.6) is 0 Å². The second-order valence-electron chi connectivity index (χ2n) is 6.81. The van der Waals surface area contributed by atoms with Crippen LogP contribution in [-0.4, -0.2) is 10.9 Å². The fraction of sp³-hybridized carbons (Fsp3) is 0. The molecule has 0 fully saturated rings. The molecular formula is C24H14BrClN2O2. The van der Waals surface area contributed by atoms with Crippen molar-refractivity contribution in [3.63, 3.8) is 0 Å². The molecule has 0 saturated carbocycles. The first-order chi connectivity index (χ1) is 14.6. The average molecular weight is 478 g/mol. The molecule has 6 heteroatoms. The fourth-order valence-electron chi connectivity index (χ4n) is 3.42. The van der Waals surface area contributed by atoms with E-state index >= 15 is 0 Å². The molecule has 1 heterocycles. The van der Waals surface area contributed by atoms with Crippen LogP contribution in [0.15, 0.2) is 87.8 Å². The van der Waals surface area contributed by atoms with Gasteiger partial charge in [-0.05, 0) is 59.3 Å². The van der Waals surface area contributed by atoms with Gasteiger partial charge in [-0.3, -0.25) is 4.79 Å². The highest BCUT2D eigenvalue weighted by atomic mass is 79.9. The Labute approximate surface area is 185 Å². The quantitative estimate of drug-likeness (QED) is 0.296. The normalized spacial score (nSPS) is 11.1. The lowest BCUT2D eigenvalue weighted by Gasteiger charge is -2.09. The molecule has 0 aliphatic rings. The maximum atomic E-state index is 13.0. The lowest BCUT2D eigenvalue weighted by Crippen LogP contribution is -2.12. The molecule has 0 saturated heterocycles. The van der Waals surface area contributed by atoms with Crippen molar-refractivity contribution in [1.29, 1.82) is 0 Å². The number of nitrogens with one attached hydrogen (secondary N) is 1. The van der Waals surface area contributed by atoms with Gasteiger partial charge in [-0.25, -0.2) is 4.98 Å². The van der Waals surface area contributed by atoms with E-state index in [4.69, 9.17) is 16.0 Å². The minimum Gasteiger partial charge on any atom is -0.436 e. The molecule has 0 aliphatic heterocycles. The summed E-state index contributed by atoms with van der Waals surface area (Å²) in [5.41, 5.74) is 3.37. The van der Waals surface area contributed by atoms with Crippen molar-refractivity contribution in [2.45, 2.75) is 0 Å². The van der Waals surface area contributed by atoms with Gasteiger partial charge >= 0.3 is 0 Å². The molecular weight excluding hydrogens is 464 g/mol. The minimum absolute atomic E-state index is 0.180. The molecule has 0 bridgehead atoms. The molecule has 0 unspecified atom stereocenters. The molecule has 0 radical (unpaired) electrons. The molecule has 146 valence electrons. The molecule has 30 heavy (non-hydrogen) atoms. The number of oxazole rings is 1. The number of halogens is 2. The molecule has 5 aromatic rings. The Morgan fingerprint density at radius 1 is 0.933 bits per heavy atom. The van der Waals surface area contributed by atoms with Crippen molar-refractivity contribution in [2.24, 2.45) is 0 Å². The highest BCUT2D eigenvalue weighted by molar-refractivity contribution is 9.10. The molecule has 1 amide bonds. The summed E-state index contributed by atoms with van der Waals surface area (Å²) in [6.07, 6.45) is 0. The van der Waals surface area contributed by atoms with Crippen molar-refractivity contribution in [2.75, 3.05) is 5.32 Å². The summed E-state index contributed by atoms with van der Waals surface area (Å²) in [4.78, 5) is 17.5. The van der Waals surface area contributed by atoms with Gasteiger partial charge < -0.3 is 9.73 Å². The zero-order valence-corrected chi connectivity index (χ0v) is 17.9. The van der Waals surface area contributed by atoms with E-state index in [1.165, 1.54) is 0 Å². The number of hydrogen-bond acceptors (Lipinski definition) is 3. The Morgan fingerprint density at radius 3 is 2.63 bits per heavy atom. The highest BCUT2D eigenvalue weighted by Gasteiger charge is 2.13. The Kier molecular flexibility index (Phi) is 4.77. The third kappa shape index (κ3) is 3.47. The van der Waals surface area contributed by atoms with E-state index in [2.05, 4.69) is 26.2 Å². The number of hydrogen-bond donors (Lipinski definition) is 1. The van der Waals surface area contributed by atoms with Crippen molar-refractivity contribution in [3.8, 4) is 11.5 Å². The van der Waals surface area contributed by atoms with Gasteiger partial charge in [0.15, 0.2) is 5.58 Å². The van der Waals surface area contributed by atoms with E-state index in [1.54, 1.807) is 18.2 Å². The first-order valence-corrected chi connectivity index (χ1v) is 10.4. The predicted octanol–water partition coefficient (Wildman–Crippen LogP) is 7.32. The largest absolute Gasteiger partial charge is 0.436 e. The molecule has 0 atom stereocenters. The van der Waals surface area contributed by atoms with E-state index < -0.39 is 0 Å². The van der Waals surface area contributed by atoms with Crippen molar-refractivity contribution < 1.29 is 9.21 Å². The first kappa shape index (κ1) is 18.9. The third-order valence-corrected chi connectivity index (χ3v) is 5.76. The number of aromatic nitrogens is 1. The number of carbonyl (C=O) groups excluding carboxylic acids is 1. The van der Waals surface area contributed by atoms with Crippen molar-refractivity contribution in [3.05, 3.63) is 93.9 Å². The van der Waals surface area contributed by atoms with Gasteiger partial charge in [0.05, 0.1) is 0 Å². The van der Waals surface area contributed by atoms with Gasteiger partial charge in [-0.2, -0.15) is 0 Å². The minimum atomic E-state index is -0.180. The smallest absolute Gasteiger partial charge is 0.256 e. The van der Waals surface area contributed by atoms with Crippen LogP contribution >= 0.6 is 27.5 Å². The standard InChI is InChI=1S/C24H14BrClN2O2/c25-20-9-3-6-17-18(20)7-2-8-19(17)23(29)27-16-5-1-4-14(12-16)24-28-21-13-15(26)10-11-22(21)30-24/h1-13H,(H,27,29). The summed E-state index contributed by atoms with van der Waals surface area (Å²) >= 11 is 9.58. The summed E-state index contributed by atoms with van der Waals surface area (Å²) in [6, 6.07) is 24.2. The van der Waals surface area contributed by atoms with Gasteiger partial charge in [0.1, 0.15) is 5.52 Å². The maximum Gasteiger partial charge on any atom is 0.256 e. The van der Waals surface area contributed by atoms with Gasteiger partial charge in [0.2, 0.25) is 5.89 Å². The van der Waals surface area contributed by atoms with Crippen molar-refractivity contribution in [1.82, 2.24) is 4.98 Å². The monoisotopic (exact) mass is 476 g/mol. The van der Waals surface area contributed by atoms with Crippen LogP contribution in [0.4, 0.5) is 5.69 Å². The van der Waals surface area contributed by atoms with Crippen LogP contribution < -0.4 is 5.32 Å². The molecule has 4 nitrogen and oxygen atoms in total. The molecule has 0 aliphatic carbocycles. The lowest BCUT2D eigenvalue weighted by molar-refractivity contribution is 0.102. The number of anilines is 1. The number of rotatable bonds is 3. The Morgan fingerprint density at radius 2 is 1.73 bits per heavy atom. The second-order valence-corrected chi connectivity index (χ2v) is 8.10. The summed E-state index contributed by atoms with van der Waals surface area (Å²) in [5, 5.41) is 5.46. The summed E-state index contributed by atoms with van der Waals surface area (Å²) in [5.74, 6) is 0.289. The Bertz CT molecular complexity index is 1430. The predicted molar refractivity (Wildman–Crippen MR) is 124 cm³/mol. The van der Waals surface area contributed by atoms with E-state index in [-0.39, 0.29) is 5.91 Å². The van der Waals surface area contributed by atoms with Crippen LogP contribution in [0.25, 0.3) is 33.3 Å². The SMILES string of the molecule is O=C(Nc1cccc(-c2nc3cc(Cl)ccc3o2)c1)c1cccc2c(Br)cccc12. The zero-order valence-electron chi connectivity index (χ0n) is 15.5. The van der Waals surface area contributed by atoms with Crippen molar-refractivity contribution >= 4 is 61.0 Å². The van der Waals surface area contributed by atoms with E-state index in [0.717, 1.165) is 20.8 Å². The third-order valence-electron chi connectivity index (χ3n) is 4.83. The van der Waals surface area contributed by atoms with E-state index in [1.807, 2.05) is 60.7 Å². The molecule has 1 aromatic heterocycles. The second kappa shape index (κ2) is 7.59. The number of fused-ring (bicyclic) bond motifs is 2. The summed E-state index contributed by atoms with van der Waals surface area (Å²) < 4.78 is 6.79. The van der Waals surface area contributed by atoms with Gasteiger partial charge in [-0.15, -0.1) is 0 Å². The van der Waals surface area contributed by atoms with Gasteiger partial charge in [0, 0.05) is 26.3 Å². The Hall–Kier alpha value is -3.15. The summed E-state index contributed by atoms with van der Waals surface area (Å²) in [6.45, 7) is 0. The molecule has 0 spiro atoms. The van der Waals surface area contributed by atoms with Crippen LogP contribution in [-0.2, 0) is 0 Å². The van der Waals surface area contributed by atoms with Gasteiger partial charge in [0.25, 0.3) is 5.91 Å². The van der Waals surface area contributed by atoms with Crippen LogP contribution in [0.1, 0.15) is 10.4 Å². The van der Waals surface area contributed by atoms with Crippen LogP contribution in [0, 0.1) is 0 Å². The zero-order chi connectivity index (χ0) is 20.7. The van der Waals surface area contributed by atoms with E-state index in [0.29, 0.717) is 33.3 Å². The molecule has 5 rings (SSSR count). The fourth-order valence-corrected chi connectivity index (χ4v) is 4.09. The molecule has 4 aromatic carbocycles. The number of nitrogens with zero attached hydrogens (tertiary/aromatic N) is 1.